The molecule has 0 saturated carbocycles. The van der Waals surface area contributed by atoms with E-state index in [1.54, 1.807) is 6.08 Å². The number of benzene rings is 6. The molecule has 2 aromatic heterocycles. The summed E-state index contributed by atoms with van der Waals surface area (Å²) in [6, 6.07) is 22.7. The smallest absolute Gasteiger partial charge is 0.308 e. The van der Waals surface area contributed by atoms with E-state index in [2.05, 4.69) is 6.07 Å². The summed E-state index contributed by atoms with van der Waals surface area (Å²) in [5.74, 6) is 0. The summed E-state index contributed by atoms with van der Waals surface area (Å²) in [5, 5.41) is 11.9. The molecule has 0 radical (unpaired) electrons. The summed E-state index contributed by atoms with van der Waals surface area (Å²) in [6.45, 7) is 0. The quantitative estimate of drug-likeness (QED) is 0.163. The number of hydrogen-bond donors (Lipinski definition) is 0. The van der Waals surface area contributed by atoms with Crippen LogP contribution in [0.4, 0.5) is 52.7 Å². The highest BCUT2D eigenvalue weighted by molar-refractivity contribution is 6.15. The molecule has 0 amide bonds. The van der Waals surface area contributed by atoms with E-state index < -0.39 is 47.0 Å². The van der Waals surface area contributed by atoms with Gasteiger partial charge in [0.2, 0.25) is 0 Å². The Morgan fingerprint density at radius 1 is 0.471 bits per heavy atom. The van der Waals surface area contributed by atoms with Crippen molar-refractivity contribution in [3.63, 3.8) is 0 Å². The Hall–Kier alpha value is -7.80. The standard InChI is InChI=1S/C52H28F12N4/c53-49(54,55)30-13-17-43-36(23-30)37-24-31(50(56,57)58)14-18-44(37)67(43)47-21-29(41-11-6-12-42(66-41)35-10-5-4-9-34(35)28-7-2-1-3-8-28)22-48(40(47)27-65)68-45-19-15-32(51(59,60)61)25-38(45)39-26-33(52(62,63)64)16-20-46(39)68/h1-7,9-11,13-26H,8,12H2. The van der Waals surface area contributed by atoms with Crippen LogP contribution in [0.15, 0.2) is 151 Å². The molecule has 1 aliphatic heterocycles. The number of dihydropyridines is 1. The van der Waals surface area contributed by atoms with Crippen molar-refractivity contribution in [2.45, 2.75) is 37.5 Å². The molecular weight excluding hydrogens is 909 g/mol. The summed E-state index contributed by atoms with van der Waals surface area (Å²) in [6.07, 6.45) is -7.37. The fourth-order valence-electron chi connectivity index (χ4n) is 9.07. The zero-order valence-corrected chi connectivity index (χ0v) is 34.6. The van der Waals surface area contributed by atoms with Crippen LogP contribution in [-0.4, -0.2) is 14.8 Å². The normalized spacial score (nSPS) is 16.4. The number of rotatable bonds is 3. The molecule has 2 aliphatic rings. The molecule has 3 heterocycles. The van der Waals surface area contributed by atoms with E-state index >= 15 is 0 Å². The van der Waals surface area contributed by atoms with Crippen LogP contribution in [0.3, 0.4) is 0 Å². The lowest BCUT2D eigenvalue weighted by Crippen LogP contribution is -2.29. The maximum absolute atomic E-state index is 14.2. The number of alkyl halides is 12. The fraction of sp³-hybridized carbons (Fsp3) is 0.115. The van der Waals surface area contributed by atoms with E-state index in [0.717, 1.165) is 64.5 Å². The van der Waals surface area contributed by atoms with Gasteiger partial charge in [-0.05, 0) is 108 Å². The van der Waals surface area contributed by atoms with Gasteiger partial charge in [-0.25, -0.2) is 0 Å². The second kappa shape index (κ2) is 15.6. The van der Waals surface area contributed by atoms with Gasteiger partial charge in [0.25, 0.3) is 0 Å². The topological polar surface area (TPSA) is 46.0 Å². The van der Waals surface area contributed by atoms with Gasteiger partial charge in [0.1, 0.15) is 11.6 Å². The van der Waals surface area contributed by atoms with E-state index in [4.69, 9.17) is 4.99 Å². The number of fused-ring (bicyclic) bond motifs is 6. The lowest BCUT2D eigenvalue weighted by molar-refractivity contribution is -0.138. The number of allylic oxidation sites excluding steroid dienone is 5. The van der Waals surface area contributed by atoms with Crippen LogP contribution in [0.2, 0.25) is 0 Å². The van der Waals surface area contributed by atoms with E-state index in [1.807, 2.05) is 54.6 Å². The van der Waals surface area contributed by atoms with Crippen molar-refractivity contribution in [2.24, 2.45) is 4.99 Å². The SMILES string of the molecule is N#Cc1c(-n2c3ccc(C(F)(F)F)cc3c3cc(C(F)(F)F)ccc32)cc(C2=NC(=c3ccccc3=C3C=CC=CC3)CC=C2)cc1-n1c2ccc(C(F)(F)F)cc2c2cc(C(F)(F)F)ccc21. The van der Waals surface area contributed by atoms with Gasteiger partial charge in [0, 0.05) is 38.7 Å². The molecule has 4 nitrogen and oxygen atoms in total. The molecule has 16 heteroatoms. The van der Waals surface area contributed by atoms with Gasteiger partial charge in [-0.1, -0.05) is 54.6 Å². The third-order valence-corrected chi connectivity index (χ3v) is 12.1. The lowest BCUT2D eigenvalue weighted by atomic mass is 9.99. The summed E-state index contributed by atoms with van der Waals surface area (Å²) >= 11 is 0. The highest BCUT2D eigenvalue weighted by Crippen LogP contribution is 2.44. The highest BCUT2D eigenvalue weighted by atomic mass is 19.4. The van der Waals surface area contributed by atoms with E-state index in [-0.39, 0.29) is 71.8 Å². The van der Waals surface area contributed by atoms with Crippen molar-refractivity contribution in [2.75, 3.05) is 0 Å². The zero-order valence-electron chi connectivity index (χ0n) is 34.6. The van der Waals surface area contributed by atoms with Gasteiger partial charge < -0.3 is 9.13 Å². The predicted octanol–water partition coefficient (Wildman–Crippen LogP) is 14.1. The van der Waals surface area contributed by atoms with Gasteiger partial charge in [0.05, 0.1) is 67.1 Å². The third kappa shape index (κ3) is 7.51. The molecule has 0 bridgehead atoms. The summed E-state index contributed by atoms with van der Waals surface area (Å²) in [4.78, 5) is 5.07. The van der Waals surface area contributed by atoms with Gasteiger partial charge in [0.15, 0.2) is 0 Å². The maximum Gasteiger partial charge on any atom is 0.416 e. The number of nitriles is 1. The second-order valence-corrected chi connectivity index (χ2v) is 16.2. The van der Waals surface area contributed by atoms with Crippen molar-refractivity contribution < 1.29 is 52.7 Å². The van der Waals surface area contributed by atoms with Crippen molar-refractivity contribution >= 4 is 60.6 Å². The first kappa shape index (κ1) is 44.1. The number of nitrogens with zero attached hydrogens (tertiary/aromatic N) is 4. The summed E-state index contributed by atoms with van der Waals surface area (Å²) in [7, 11) is 0. The largest absolute Gasteiger partial charge is 0.416 e. The molecule has 340 valence electrons. The maximum atomic E-state index is 14.2. The Kier molecular flexibility index (Phi) is 10.1. The van der Waals surface area contributed by atoms with Gasteiger partial charge >= 0.3 is 24.7 Å². The molecule has 6 aromatic carbocycles. The van der Waals surface area contributed by atoms with Crippen LogP contribution >= 0.6 is 0 Å². The van der Waals surface area contributed by atoms with Crippen LogP contribution in [0.1, 0.15) is 46.2 Å². The van der Waals surface area contributed by atoms with Crippen LogP contribution in [0.5, 0.6) is 0 Å². The highest BCUT2D eigenvalue weighted by Gasteiger charge is 2.36. The number of hydrogen-bond acceptors (Lipinski definition) is 2. The van der Waals surface area contributed by atoms with Crippen molar-refractivity contribution in [1.82, 2.24) is 9.13 Å². The Labute approximate surface area is 376 Å². The average Bonchev–Trinajstić information content (AvgIpc) is 3.81. The van der Waals surface area contributed by atoms with E-state index in [9.17, 15) is 57.9 Å². The van der Waals surface area contributed by atoms with Crippen LogP contribution in [-0.2, 0) is 24.7 Å². The Balaban J connectivity index is 1.35. The average molecular weight is 937 g/mol. The minimum atomic E-state index is -4.91. The van der Waals surface area contributed by atoms with Gasteiger partial charge in [-0.3, -0.25) is 4.99 Å². The molecule has 0 atom stereocenters. The van der Waals surface area contributed by atoms with Gasteiger partial charge in [-0.15, -0.1) is 0 Å². The minimum absolute atomic E-state index is 0.0484. The molecule has 0 N–H and O–H groups in total. The number of halogens is 12. The molecule has 0 saturated heterocycles. The predicted molar refractivity (Wildman–Crippen MR) is 236 cm³/mol. The van der Waals surface area contributed by atoms with Crippen molar-refractivity contribution in [1.29, 1.82) is 5.26 Å². The summed E-state index contributed by atoms with van der Waals surface area (Å²) < 4.78 is 173. The van der Waals surface area contributed by atoms with Crippen molar-refractivity contribution in [3.05, 3.63) is 189 Å². The lowest BCUT2D eigenvalue weighted by Gasteiger charge is -2.19. The molecule has 8 aromatic rings. The molecule has 1 aliphatic carbocycles. The molecule has 0 unspecified atom stereocenters. The van der Waals surface area contributed by atoms with Crippen LogP contribution < -0.4 is 10.4 Å². The second-order valence-electron chi connectivity index (χ2n) is 16.2. The Bertz CT molecular complexity index is 3440. The van der Waals surface area contributed by atoms with Crippen LogP contribution in [0.25, 0.3) is 66.3 Å². The van der Waals surface area contributed by atoms with Gasteiger partial charge in [-0.2, -0.15) is 57.9 Å². The summed E-state index contributed by atoms with van der Waals surface area (Å²) in [5.41, 5.74) is -3.20. The van der Waals surface area contributed by atoms with E-state index in [1.165, 1.54) is 21.3 Å². The van der Waals surface area contributed by atoms with Crippen molar-refractivity contribution in [3.8, 4) is 17.4 Å². The molecular formula is C52H28F12N4. The number of aliphatic imine (C=N–C) groups is 1. The molecule has 68 heavy (non-hydrogen) atoms. The monoisotopic (exact) mass is 936 g/mol. The molecule has 10 rings (SSSR count). The Morgan fingerprint density at radius 2 is 0.897 bits per heavy atom. The first-order valence-electron chi connectivity index (χ1n) is 20.6. The van der Waals surface area contributed by atoms with Crippen LogP contribution in [0, 0.1) is 11.3 Å². The van der Waals surface area contributed by atoms with E-state index in [0.29, 0.717) is 42.8 Å². The molecule has 0 spiro atoms. The minimum Gasteiger partial charge on any atom is -0.308 e. The third-order valence-electron chi connectivity index (χ3n) is 12.1. The molecule has 0 fully saturated rings. The first-order chi connectivity index (χ1) is 32.2. The number of aromatic nitrogens is 2. The Morgan fingerprint density at radius 3 is 1.28 bits per heavy atom. The fourth-order valence-corrected chi connectivity index (χ4v) is 9.07. The zero-order chi connectivity index (χ0) is 48.1. The first-order valence-corrected chi connectivity index (χ1v) is 20.6.